The number of H-pyrrole nitrogens is 1. The van der Waals surface area contributed by atoms with Crippen LogP contribution in [0.3, 0.4) is 0 Å². The second kappa shape index (κ2) is 7.29. The zero-order valence-corrected chi connectivity index (χ0v) is 12.9. The molecule has 1 atom stereocenters. The molecule has 0 spiro atoms. The number of hydrogen-bond donors (Lipinski definition) is 2. The van der Waals surface area contributed by atoms with E-state index in [1.807, 2.05) is 0 Å². The van der Waals surface area contributed by atoms with Crippen molar-refractivity contribution in [3.8, 4) is 5.75 Å². The third-order valence-corrected chi connectivity index (χ3v) is 3.93. The van der Waals surface area contributed by atoms with Crippen molar-refractivity contribution in [3.63, 3.8) is 0 Å². The van der Waals surface area contributed by atoms with Crippen molar-refractivity contribution in [2.75, 3.05) is 18.0 Å². The van der Waals surface area contributed by atoms with Gasteiger partial charge in [-0.2, -0.15) is 13.9 Å². The predicted molar refractivity (Wildman–Crippen MR) is 84.4 cm³/mol. The van der Waals surface area contributed by atoms with E-state index >= 15 is 0 Å². The minimum atomic E-state index is -2.83. The van der Waals surface area contributed by atoms with E-state index in [1.165, 1.54) is 18.3 Å². The lowest BCUT2D eigenvalue weighted by Crippen LogP contribution is -2.47. The molecule has 0 unspecified atom stereocenters. The van der Waals surface area contributed by atoms with Crippen LogP contribution in [0.5, 0.6) is 5.75 Å². The van der Waals surface area contributed by atoms with Crippen LogP contribution in [-0.4, -0.2) is 41.8 Å². The number of carbonyl (C=O) groups excluding carboxylic acids is 1. The number of nitrogens with zero attached hydrogens (tertiary/aromatic N) is 2. The zero-order valence-electron chi connectivity index (χ0n) is 12.9. The van der Waals surface area contributed by atoms with Crippen LogP contribution >= 0.6 is 0 Å². The van der Waals surface area contributed by atoms with E-state index in [2.05, 4.69) is 25.2 Å². The molecule has 2 aromatic rings. The van der Waals surface area contributed by atoms with Gasteiger partial charge >= 0.3 is 6.61 Å². The summed E-state index contributed by atoms with van der Waals surface area (Å²) in [6.45, 7) is -1.31. The number of benzene rings is 1. The first-order valence-corrected chi connectivity index (χ1v) is 7.72. The summed E-state index contributed by atoms with van der Waals surface area (Å²) in [7, 11) is 0. The zero-order chi connectivity index (χ0) is 16.9. The highest BCUT2D eigenvalue weighted by molar-refractivity contribution is 5.92. The molecule has 1 amide bonds. The van der Waals surface area contributed by atoms with Crippen LogP contribution in [0.15, 0.2) is 36.5 Å². The van der Waals surface area contributed by atoms with Crippen LogP contribution < -0.4 is 15.0 Å². The van der Waals surface area contributed by atoms with Gasteiger partial charge in [0.25, 0.3) is 5.91 Å². The Labute approximate surface area is 137 Å². The van der Waals surface area contributed by atoms with E-state index in [4.69, 9.17) is 0 Å². The van der Waals surface area contributed by atoms with Gasteiger partial charge in [0.2, 0.25) is 0 Å². The third kappa shape index (κ3) is 4.01. The molecule has 1 aliphatic rings. The maximum absolute atomic E-state index is 12.2. The minimum Gasteiger partial charge on any atom is -0.435 e. The Kier molecular flexibility index (Phi) is 4.93. The summed E-state index contributed by atoms with van der Waals surface area (Å²) in [4.78, 5) is 14.2. The highest BCUT2D eigenvalue weighted by Crippen LogP contribution is 2.24. The maximum atomic E-state index is 12.2. The molecule has 128 valence electrons. The van der Waals surface area contributed by atoms with Gasteiger partial charge in [0.15, 0.2) is 0 Å². The number of piperidine rings is 1. The normalized spacial score (nSPS) is 17.8. The lowest BCUT2D eigenvalue weighted by atomic mass is 10.0. The van der Waals surface area contributed by atoms with E-state index in [-0.39, 0.29) is 17.7 Å². The number of hydrogen-bond acceptors (Lipinski definition) is 4. The Bertz CT molecular complexity index is 661. The molecule has 3 rings (SSSR count). The second-order valence-corrected chi connectivity index (χ2v) is 5.60. The number of aromatic nitrogens is 2. The molecule has 2 heterocycles. The molecule has 1 aromatic heterocycles. The summed E-state index contributed by atoms with van der Waals surface area (Å²) in [6, 6.07) is 8.18. The molecule has 1 aliphatic heterocycles. The predicted octanol–water partition coefficient (Wildman–Crippen LogP) is 2.41. The molecular formula is C16H18F2N4O2. The third-order valence-electron chi connectivity index (χ3n) is 3.93. The second-order valence-electron chi connectivity index (χ2n) is 5.60. The van der Waals surface area contributed by atoms with Crippen molar-refractivity contribution in [2.24, 2.45) is 0 Å². The average molecular weight is 336 g/mol. The fourth-order valence-corrected chi connectivity index (χ4v) is 2.81. The van der Waals surface area contributed by atoms with Gasteiger partial charge in [0.1, 0.15) is 11.4 Å². The number of alkyl halides is 2. The van der Waals surface area contributed by atoms with E-state index in [0.717, 1.165) is 25.1 Å². The smallest absolute Gasteiger partial charge is 0.387 e. The molecule has 1 fully saturated rings. The first kappa shape index (κ1) is 16.2. The molecule has 24 heavy (non-hydrogen) atoms. The monoisotopic (exact) mass is 336 g/mol. The Morgan fingerprint density at radius 1 is 1.33 bits per heavy atom. The first-order valence-electron chi connectivity index (χ1n) is 7.72. The van der Waals surface area contributed by atoms with Crippen molar-refractivity contribution in [3.05, 3.63) is 42.2 Å². The van der Waals surface area contributed by atoms with Crippen molar-refractivity contribution in [1.82, 2.24) is 15.5 Å². The molecule has 2 N–H and O–H groups in total. The Morgan fingerprint density at radius 2 is 2.12 bits per heavy atom. The number of nitrogens with one attached hydrogen (secondary N) is 2. The van der Waals surface area contributed by atoms with Crippen molar-refractivity contribution in [1.29, 1.82) is 0 Å². The molecule has 6 nitrogen and oxygen atoms in total. The quantitative estimate of drug-likeness (QED) is 0.880. The van der Waals surface area contributed by atoms with Crippen LogP contribution in [0.2, 0.25) is 0 Å². The van der Waals surface area contributed by atoms with Crippen molar-refractivity contribution in [2.45, 2.75) is 25.5 Å². The summed E-state index contributed by atoms with van der Waals surface area (Å²) in [5, 5.41) is 9.39. The molecule has 8 heteroatoms. The molecule has 0 saturated carbocycles. The minimum absolute atomic E-state index is 0.0199. The molecule has 0 aliphatic carbocycles. The molecule has 1 saturated heterocycles. The number of aromatic amines is 1. The maximum Gasteiger partial charge on any atom is 0.387 e. The van der Waals surface area contributed by atoms with Crippen LogP contribution in [-0.2, 0) is 0 Å². The first-order chi connectivity index (χ1) is 11.6. The number of rotatable bonds is 5. The summed E-state index contributed by atoms with van der Waals surface area (Å²) < 4.78 is 28.7. The topological polar surface area (TPSA) is 70.2 Å². The highest BCUT2D eigenvalue weighted by atomic mass is 19.3. The number of amides is 1. The van der Waals surface area contributed by atoms with Gasteiger partial charge in [0, 0.05) is 31.0 Å². The Morgan fingerprint density at radius 3 is 2.79 bits per heavy atom. The van der Waals surface area contributed by atoms with E-state index in [9.17, 15) is 13.6 Å². The van der Waals surface area contributed by atoms with Crippen molar-refractivity contribution >= 4 is 11.6 Å². The standard InChI is InChI=1S/C16H18F2N4O2/c17-16(18)24-13-5-3-12(4-6-13)22-9-1-2-11(10-22)20-15(23)14-7-8-19-21-14/h3-8,11,16H,1-2,9-10H2,(H,19,21)(H,20,23)/t11-/m0/s1. The summed E-state index contributed by atoms with van der Waals surface area (Å²) in [6.07, 6.45) is 3.36. The van der Waals surface area contributed by atoms with Crippen molar-refractivity contribution < 1.29 is 18.3 Å². The van der Waals surface area contributed by atoms with Gasteiger partial charge in [-0.1, -0.05) is 0 Å². The van der Waals surface area contributed by atoms with Gasteiger partial charge in [0.05, 0.1) is 0 Å². The average Bonchev–Trinajstić information content (AvgIpc) is 3.10. The van der Waals surface area contributed by atoms with Gasteiger partial charge in [-0.15, -0.1) is 0 Å². The Hall–Kier alpha value is -2.64. The van der Waals surface area contributed by atoms with Crippen LogP contribution in [0, 0.1) is 0 Å². The van der Waals surface area contributed by atoms with Gasteiger partial charge in [-0.3, -0.25) is 9.89 Å². The number of halogens is 2. The SMILES string of the molecule is O=C(N[C@H]1CCCN(c2ccc(OC(F)F)cc2)C1)c1ccn[nH]1. The van der Waals surface area contributed by atoms with E-state index in [0.29, 0.717) is 12.2 Å². The highest BCUT2D eigenvalue weighted by Gasteiger charge is 2.22. The molecule has 0 bridgehead atoms. The number of anilines is 1. The largest absolute Gasteiger partial charge is 0.435 e. The van der Waals surface area contributed by atoms with Gasteiger partial charge < -0.3 is 15.0 Å². The lowest BCUT2D eigenvalue weighted by Gasteiger charge is -2.34. The van der Waals surface area contributed by atoms with Crippen LogP contribution in [0.1, 0.15) is 23.3 Å². The Balaban J connectivity index is 1.59. The van der Waals surface area contributed by atoms with E-state index in [1.54, 1.807) is 18.2 Å². The molecule has 0 radical (unpaired) electrons. The molecule has 1 aromatic carbocycles. The number of carbonyl (C=O) groups is 1. The lowest BCUT2D eigenvalue weighted by molar-refractivity contribution is -0.0498. The summed E-state index contributed by atoms with van der Waals surface area (Å²) >= 11 is 0. The van der Waals surface area contributed by atoms with E-state index < -0.39 is 6.61 Å². The van der Waals surface area contributed by atoms with Crippen LogP contribution in [0.25, 0.3) is 0 Å². The summed E-state index contributed by atoms with van der Waals surface area (Å²) in [5.74, 6) is -0.0464. The summed E-state index contributed by atoms with van der Waals surface area (Å²) in [5.41, 5.74) is 1.35. The fraction of sp³-hybridized carbons (Fsp3) is 0.375. The van der Waals surface area contributed by atoms with Crippen LogP contribution in [0.4, 0.5) is 14.5 Å². The van der Waals surface area contributed by atoms with Gasteiger partial charge in [-0.05, 0) is 43.2 Å². The fourth-order valence-electron chi connectivity index (χ4n) is 2.81. The van der Waals surface area contributed by atoms with Gasteiger partial charge in [-0.25, -0.2) is 0 Å². The number of ether oxygens (including phenoxy) is 1. The molecular weight excluding hydrogens is 318 g/mol.